The van der Waals surface area contributed by atoms with Gasteiger partial charge in [0.05, 0.1) is 30.1 Å². The molecule has 0 saturated carbocycles. The summed E-state index contributed by atoms with van der Waals surface area (Å²) >= 11 is 2.39. The molecule has 4 heterocycles. The van der Waals surface area contributed by atoms with E-state index in [0.717, 1.165) is 50.3 Å². The van der Waals surface area contributed by atoms with Crippen molar-refractivity contribution in [2.45, 2.75) is 25.6 Å². The van der Waals surface area contributed by atoms with Gasteiger partial charge in [-0.2, -0.15) is 8.42 Å². The number of halogens is 1. The van der Waals surface area contributed by atoms with Crippen LogP contribution in [0, 0.1) is 0 Å². The summed E-state index contributed by atoms with van der Waals surface area (Å²) in [4.78, 5) is 26.2. The van der Waals surface area contributed by atoms with Crippen molar-refractivity contribution in [1.29, 1.82) is 0 Å². The number of fused-ring (bicyclic) bond motifs is 12. The molecule has 38 heavy (non-hydrogen) atoms. The maximum absolute atomic E-state index is 13.1. The van der Waals surface area contributed by atoms with Gasteiger partial charge in [0.15, 0.2) is 0 Å². The van der Waals surface area contributed by atoms with Gasteiger partial charge in [-0.15, -0.1) is 0 Å². The molecule has 2 amide bonds. The van der Waals surface area contributed by atoms with E-state index in [9.17, 15) is 18.0 Å². The second-order valence-corrected chi connectivity index (χ2v) is 11.6. The Morgan fingerprint density at radius 3 is 1.89 bits per heavy atom. The molecule has 0 fully saturated rings. The quantitative estimate of drug-likeness (QED) is 0.140. The van der Waals surface area contributed by atoms with E-state index in [1.54, 1.807) is 0 Å². The number of alkyl halides is 1. The Morgan fingerprint density at radius 1 is 0.921 bits per heavy atom. The number of ether oxygens (including phenoxy) is 1. The topological polar surface area (TPSA) is 120 Å². The summed E-state index contributed by atoms with van der Waals surface area (Å²) in [5.74, 6) is -0.682. The van der Waals surface area contributed by atoms with Crippen LogP contribution in [-0.4, -0.2) is 57.3 Å². The van der Waals surface area contributed by atoms with Crippen LogP contribution in [0.1, 0.15) is 17.5 Å². The first-order valence-electron chi connectivity index (χ1n) is 12.0. The zero-order valence-corrected chi connectivity index (χ0v) is 23.5. The van der Waals surface area contributed by atoms with Crippen LogP contribution in [0.2, 0.25) is 0 Å². The fourth-order valence-corrected chi connectivity index (χ4v) is 5.73. The molecule has 11 heteroatoms. The summed E-state index contributed by atoms with van der Waals surface area (Å²) in [6.07, 6.45) is 5.74. The van der Waals surface area contributed by atoms with Gasteiger partial charge in [0.2, 0.25) is 0 Å². The number of nitrogens with zero attached hydrogens (tertiary/aromatic N) is 2. The van der Waals surface area contributed by atoms with E-state index in [4.69, 9.17) is 9.29 Å². The van der Waals surface area contributed by atoms with Crippen molar-refractivity contribution in [3.8, 4) is 0 Å². The Hall–Kier alpha value is -3.00. The number of aryl methyl sites for hydroxylation is 1. The van der Waals surface area contributed by atoms with Crippen molar-refractivity contribution in [2.75, 3.05) is 17.3 Å². The summed E-state index contributed by atoms with van der Waals surface area (Å²) in [5.41, 5.74) is 4.56. The molecule has 0 radical (unpaired) electrons. The van der Waals surface area contributed by atoms with Gasteiger partial charge in [-0.1, -0.05) is 59.0 Å². The minimum atomic E-state index is -3.67. The molecule has 0 spiro atoms. The second kappa shape index (κ2) is 10.6. The highest BCUT2D eigenvalue weighted by molar-refractivity contribution is 14.1. The third-order valence-corrected chi connectivity index (χ3v) is 7.58. The first kappa shape index (κ1) is 26.6. The van der Waals surface area contributed by atoms with Crippen LogP contribution in [0.3, 0.4) is 0 Å². The monoisotopic (exact) mass is 647 g/mol. The van der Waals surface area contributed by atoms with Crippen LogP contribution in [0.5, 0.6) is 0 Å². The number of benzene rings is 2. The number of amides is 2. The lowest BCUT2D eigenvalue weighted by Crippen LogP contribution is -2.22. The minimum Gasteiger partial charge on any atom is -0.376 e. The van der Waals surface area contributed by atoms with Gasteiger partial charge < -0.3 is 13.9 Å². The van der Waals surface area contributed by atoms with Crippen molar-refractivity contribution < 1.29 is 27.3 Å². The Kier molecular flexibility index (Phi) is 7.45. The first-order chi connectivity index (χ1) is 18.2. The summed E-state index contributed by atoms with van der Waals surface area (Å²) in [5, 5.41) is 4.49. The predicted octanol–water partition coefficient (Wildman–Crippen LogP) is 3.89. The van der Waals surface area contributed by atoms with Crippen molar-refractivity contribution in [2.24, 2.45) is 0 Å². The van der Waals surface area contributed by atoms with Crippen LogP contribution in [-0.2, 0) is 37.5 Å². The highest BCUT2D eigenvalue weighted by Crippen LogP contribution is 2.39. The summed E-state index contributed by atoms with van der Waals surface area (Å²) in [6, 6.07) is 16.1. The summed E-state index contributed by atoms with van der Waals surface area (Å²) < 4.78 is 37.3. The van der Waals surface area contributed by atoms with Gasteiger partial charge in [-0.25, -0.2) is 0 Å². The van der Waals surface area contributed by atoms with E-state index in [2.05, 4.69) is 43.1 Å². The number of nitrogens with one attached hydrogen (secondary N) is 1. The number of carbonyl (C=O) groups is 2. The fourth-order valence-electron chi connectivity index (χ4n) is 5.04. The number of rotatable bonds is 1. The van der Waals surface area contributed by atoms with Crippen LogP contribution in [0.15, 0.2) is 60.9 Å². The number of para-hydroxylation sites is 2. The molecular formula is C27H26IN3O6S. The molecule has 198 valence electrons. The minimum absolute atomic E-state index is 0.144. The zero-order chi connectivity index (χ0) is 27.0. The lowest BCUT2D eigenvalue weighted by Gasteiger charge is -2.17. The molecule has 2 aromatic carbocycles. The van der Waals surface area contributed by atoms with Gasteiger partial charge >= 0.3 is 0 Å². The summed E-state index contributed by atoms with van der Waals surface area (Å²) in [6.45, 7) is 2.04. The molecule has 0 unspecified atom stereocenters. The number of carbonyl (C=O) groups excluding carboxylic acids is 2. The maximum atomic E-state index is 13.1. The van der Waals surface area contributed by atoms with Gasteiger partial charge in [-0.05, 0) is 18.6 Å². The highest BCUT2D eigenvalue weighted by Gasteiger charge is 2.35. The zero-order valence-electron chi connectivity index (χ0n) is 20.6. The van der Waals surface area contributed by atoms with Gasteiger partial charge in [0.25, 0.3) is 21.9 Å². The highest BCUT2D eigenvalue weighted by atomic mass is 127. The third-order valence-electron chi connectivity index (χ3n) is 6.60. The molecule has 6 rings (SSSR count). The number of hydrogen-bond acceptors (Lipinski definition) is 5. The van der Waals surface area contributed by atoms with Crippen LogP contribution >= 0.6 is 22.6 Å². The van der Waals surface area contributed by atoms with Gasteiger partial charge in [-0.3, -0.25) is 19.5 Å². The van der Waals surface area contributed by atoms with E-state index in [1.807, 2.05) is 54.9 Å². The molecule has 4 bridgehead atoms. The third kappa shape index (κ3) is 5.28. The molecule has 0 aliphatic carbocycles. The van der Waals surface area contributed by atoms with Gasteiger partial charge in [0.1, 0.15) is 0 Å². The fraction of sp³-hybridized carbons (Fsp3) is 0.259. The van der Waals surface area contributed by atoms with E-state index < -0.39 is 10.1 Å². The summed E-state index contributed by atoms with van der Waals surface area (Å²) in [7, 11) is -3.67. The molecule has 4 aromatic rings. The van der Waals surface area contributed by atoms with Crippen molar-refractivity contribution in [1.82, 2.24) is 14.5 Å². The standard InChI is InChI=1S/C26H22IN3O3.CH4O3S/c27-13-16-9-10-29-14-19(17-5-1-3-7-21(17)29)23-24(26(32)28-25(23)31)20-15-30(11-12-33-16)22-8-4-2-6-18(20)22;1-5(2,3)4/h1-8,14-16H,9-13H2,(H,28,31,32);1H3,(H,2,3,4)/t16-;/m0./s1. The molecule has 2 aromatic heterocycles. The molecule has 0 saturated heterocycles. The smallest absolute Gasteiger partial charge is 0.261 e. The van der Waals surface area contributed by atoms with E-state index in [-0.39, 0.29) is 17.9 Å². The Bertz CT molecular complexity index is 1690. The number of aromatic nitrogens is 2. The van der Waals surface area contributed by atoms with Crippen LogP contribution in [0.25, 0.3) is 33.0 Å². The van der Waals surface area contributed by atoms with Crippen LogP contribution < -0.4 is 5.32 Å². The van der Waals surface area contributed by atoms with E-state index >= 15 is 0 Å². The lowest BCUT2D eigenvalue weighted by molar-refractivity contribution is -0.122. The first-order valence-corrected chi connectivity index (χ1v) is 15.4. The molecular weight excluding hydrogens is 621 g/mol. The van der Waals surface area contributed by atoms with Gasteiger partial charge in [0, 0.05) is 62.8 Å². The van der Waals surface area contributed by atoms with Crippen molar-refractivity contribution in [3.05, 3.63) is 72.1 Å². The molecule has 2 aliphatic heterocycles. The van der Waals surface area contributed by atoms with E-state index in [1.165, 1.54) is 0 Å². The molecule has 9 nitrogen and oxygen atoms in total. The SMILES string of the molecule is CS(=O)(=O)O.O=C1NC(=O)C2=C1c1cn(c3ccccc13)CCO[C@H](CI)CCn1cc2c2ccccc21. The Labute approximate surface area is 233 Å². The predicted molar refractivity (Wildman–Crippen MR) is 155 cm³/mol. The molecule has 1 atom stereocenters. The van der Waals surface area contributed by atoms with E-state index in [0.29, 0.717) is 30.6 Å². The number of imide groups is 1. The number of hydrogen-bond donors (Lipinski definition) is 2. The Balaban J connectivity index is 0.000000540. The second-order valence-electron chi connectivity index (χ2n) is 9.21. The Morgan fingerprint density at radius 2 is 1.39 bits per heavy atom. The maximum Gasteiger partial charge on any atom is 0.261 e. The largest absolute Gasteiger partial charge is 0.376 e. The lowest BCUT2D eigenvalue weighted by atomic mass is 9.95. The van der Waals surface area contributed by atoms with Crippen molar-refractivity contribution >= 4 is 77.5 Å². The molecule has 2 aliphatic rings. The van der Waals surface area contributed by atoms with Crippen molar-refractivity contribution in [3.63, 3.8) is 0 Å². The average Bonchev–Trinajstić information content (AvgIpc) is 3.50. The van der Waals surface area contributed by atoms with Crippen LogP contribution in [0.4, 0.5) is 0 Å². The normalized spacial score (nSPS) is 18.1. The molecule has 2 N–H and O–H groups in total. The average molecular weight is 647 g/mol.